The molecule has 1 aliphatic rings. The van der Waals surface area contributed by atoms with Gasteiger partial charge in [0.1, 0.15) is 6.17 Å². The fraction of sp³-hybridized carbons (Fsp3) is 0.600. The van der Waals surface area contributed by atoms with Crippen LogP contribution in [0.15, 0.2) is 0 Å². The van der Waals surface area contributed by atoms with Gasteiger partial charge in [0.15, 0.2) is 0 Å². The van der Waals surface area contributed by atoms with Gasteiger partial charge in [0.05, 0.1) is 12.0 Å². The van der Waals surface area contributed by atoms with E-state index in [1.54, 1.807) is 0 Å². The molecule has 18 heavy (non-hydrogen) atoms. The molecule has 98 valence electrons. The van der Waals surface area contributed by atoms with Crippen LogP contribution in [0.2, 0.25) is 0 Å². The third-order valence-electron chi connectivity index (χ3n) is 2.98. The van der Waals surface area contributed by atoms with Gasteiger partial charge >= 0.3 is 11.7 Å². The number of halogens is 1. The number of hydrogen-bond donors (Lipinski definition) is 2. The SMILES string of the molecule is C[C@H](C(=O)C(=[N+]=[N-])C(=O)O)[C@H]1NC(=O)[C@@H]1[C@@H](C)F. The molecule has 4 atom stereocenters. The number of nitrogens with one attached hydrogen (secondary N) is 1. The van der Waals surface area contributed by atoms with E-state index in [4.69, 9.17) is 10.6 Å². The van der Waals surface area contributed by atoms with Crippen molar-refractivity contribution >= 4 is 23.4 Å². The molecule has 0 bridgehead atoms. The van der Waals surface area contributed by atoms with Gasteiger partial charge in [-0.1, -0.05) is 6.92 Å². The highest BCUT2D eigenvalue weighted by atomic mass is 19.1. The Labute approximate surface area is 102 Å². The number of β-lactam (4-membered cyclic amide) rings is 1. The molecule has 0 aliphatic carbocycles. The molecule has 1 fully saturated rings. The first kappa shape index (κ1) is 14.0. The Morgan fingerprint density at radius 2 is 2.06 bits per heavy atom. The van der Waals surface area contributed by atoms with Crippen molar-refractivity contribution in [3.05, 3.63) is 5.53 Å². The summed E-state index contributed by atoms with van der Waals surface area (Å²) in [6.45, 7) is 2.53. The van der Waals surface area contributed by atoms with Crippen molar-refractivity contribution in [3.63, 3.8) is 0 Å². The van der Waals surface area contributed by atoms with Crippen LogP contribution in [0.25, 0.3) is 5.53 Å². The Morgan fingerprint density at radius 1 is 1.50 bits per heavy atom. The highest BCUT2D eigenvalue weighted by Crippen LogP contribution is 2.27. The number of carboxylic acids is 1. The van der Waals surface area contributed by atoms with E-state index in [1.807, 2.05) is 0 Å². The summed E-state index contributed by atoms with van der Waals surface area (Å²) in [4.78, 5) is 35.8. The van der Waals surface area contributed by atoms with Crippen molar-refractivity contribution in [2.45, 2.75) is 26.1 Å². The number of amides is 1. The summed E-state index contributed by atoms with van der Waals surface area (Å²) in [5, 5.41) is 11.0. The number of hydrogen-bond acceptors (Lipinski definition) is 3. The minimum Gasteiger partial charge on any atom is -0.472 e. The van der Waals surface area contributed by atoms with Gasteiger partial charge in [-0.3, -0.25) is 9.59 Å². The number of carbonyl (C=O) groups excluding carboxylic acids is 2. The first-order valence-electron chi connectivity index (χ1n) is 5.25. The van der Waals surface area contributed by atoms with Crippen LogP contribution >= 0.6 is 0 Å². The van der Waals surface area contributed by atoms with Gasteiger partial charge in [0.25, 0.3) is 5.78 Å². The lowest BCUT2D eigenvalue weighted by Crippen LogP contribution is -2.65. The van der Waals surface area contributed by atoms with Crippen molar-refractivity contribution in [3.8, 4) is 0 Å². The molecule has 0 unspecified atom stereocenters. The van der Waals surface area contributed by atoms with Gasteiger partial charge in [-0.05, 0) is 6.92 Å². The molecule has 8 heteroatoms. The van der Waals surface area contributed by atoms with Crippen LogP contribution in [0.1, 0.15) is 13.8 Å². The number of ketones is 1. The van der Waals surface area contributed by atoms with Crippen molar-refractivity contribution in [2.24, 2.45) is 11.8 Å². The average molecular weight is 257 g/mol. The molecule has 1 saturated heterocycles. The molecular formula is C10H12FN3O4. The molecule has 2 N–H and O–H groups in total. The predicted molar refractivity (Wildman–Crippen MR) is 56.4 cm³/mol. The Kier molecular flexibility index (Phi) is 3.93. The number of carbonyl (C=O) groups is 3. The first-order valence-corrected chi connectivity index (χ1v) is 5.25. The average Bonchev–Trinajstić information content (AvgIpc) is 2.24. The smallest absolute Gasteiger partial charge is 0.441 e. The maximum atomic E-state index is 13.1. The van der Waals surface area contributed by atoms with E-state index < -0.39 is 47.4 Å². The van der Waals surface area contributed by atoms with Crippen LogP contribution in [0.3, 0.4) is 0 Å². The Morgan fingerprint density at radius 3 is 2.39 bits per heavy atom. The molecule has 0 saturated carbocycles. The topological polar surface area (TPSA) is 120 Å². The van der Waals surface area contributed by atoms with E-state index in [2.05, 4.69) is 10.1 Å². The predicted octanol–water partition coefficient (Wildman–Crippen LogP) is -0.580. The van der Waals surface area contributed by atoms with E-state index in [0.717, 1.165) is 0 Å². The standard InChI is InChI=1S/C10H12FN3O4/c1-3(8(15)7(14-12)10(17)18)6-5(4(2)11)9(16)13-6/h3-6H,1-2H3,(H,13,16)(H,17,18)/t3-,4+,5+,6+/m0/s1. The highest BCUT2D eigenvalue weighted by Gasteiger charge is 2.50. The third-order valence-corrected chi connectivity index (χ3v) is 2.98. The van der Waals surface area contributed by atoms with Gasteiger partial charge in [-0.2, -0.15) is 4.79 Å². The summed E-state index contributed by atoms with van der Waals surface area (Å²) in [5.41, 5.74) is 7.41. The van der Waals surface area contributed by atoms with E-state index in [9.17, 15) is 18.8 Å². The molecule has 1 heterocycles. The largest absolute Gasteiger partial charge is 0.472 e. The van der Waals surface area contributed by atoms with Gasteiger partial charge in [-0.15, -0.1) is 0 Å². The minimum atomic E-state index is -1.68. The number of Topliss-reactive ketones (excluding diaryl/α,β-unsaturated/α-hetero) is 1. The Hall–Kier alpha value is -2.08. The van der Waals surface area contributed by atoms with Gasteiger partial charge < -0.3 is 16.0 Å². The van der Waals surface area contributed by atoms with Crippen molar-refractivity contribution in [1.29, 1.82) is 0 Å². The van der Waals surface area contributed by atoms with E-state index in [-0.39, 0.29) is 0 Å². The summed E-state index contributed by atoms with van der Waals surface area (Å²) >= 11 is 0. The number of aliphatic carboxylic acids is 1. The third kappa shape index (κ3) is 2.28. The first-order chi connectivity index (χ1) is 8.31. The van der Waals surface area contributed by atoms with E-state index in [1.165, 1.54) is 13.8 Å². The number of nitrogens with zero attached hydrogens (tertiary/aromatic N) is 2. The fourth-order valence-corrected chi connectivity index (χ4v) is 1.92. The number of alkyl halides is 1. The number of carboxylic acid groups (broad SMARTS) is 1. The van der Waals surface area contributed by atoms with Crippen LogP contribution in [0.4, 0.5) is 4.39 Å². The highest BCUT2D eigenvalue weighted by molar-refractivity contribution is 6.62. The molecule has 0 radical (unpaired) electrons. The molecule has 0 aromatic heterocycles. The van der Waals surface area contributed by atoms with Crippen LogP contribution < -0.4 is 5.32 Å². The van der Waals surface area contributed by atoms with Crippen LogP contribution in [0.5, 0.6) is 0 Å². The zero-order valence-electron chi connectivity index (χ0n) is 9.75. The normalized spacial score (nSPS) is 25.2. The van der Waals surface area contributed by atoms with Crippen molar-refractivity contribution in [1.82, 2.24) is 5.32 Å². The monoisotopic (exact) mass is 257 g/mol. The zero-order chi connectivity index (χ0) is 14.0. The lowest BCUT2D eigenvalue weighted by molar-refractivity contribution is -0.143. The molecule has 1 rings (SSSR count). The Balaban J connectivity index is 2.86. The summed E-state index contributed by atoms with van der Waals surface area (Å²) in [7, 11) is 0. The maximum Gasteiger partial charge on any atom is 0.441 e. The van der Waals surface area contributed by atoms with Crippen LogP contribution in [-0.4, -0.2) is 45.5 Å². The minimum absolute atomic E-state index is 0.521. The molecule has 1 aliphatic heterocycles. The Bertz CT molecular complexity index is 456. The number of rotatable bonds is 5. The summed E-state index contributed by atoms with van der Waals surface area (Å²) in [6, 6.07) is -0.791. The van der Waals surface area contributed by atoms with E-state index >= 15 is 0 Å². The molecule has 0 aromatic carbocycles. The summed E-state index contributed by atoms with van der Waals surface area (Å²) < 4.78 is 13.1. The molecule has 7 nitrogen and oxygen atoms in total. The van der Waals surface area contributed by atoms with Crippen LogP contribution in [0, 0.1) is 11.8 Å². The second kappa shape index (κ2) is 5.05. The molecule has 0 spiro atoms. The van der Waals surface area contributed by atoms with Crippen LogP contribution in [-0.2, 0) is 14.4 Å². The second-order valence-electron chi connectivity index (χ2n) is 4.14. The summed E-state index contributed by atoms with van der Waals surface area (Å²) in [6.07, 6.45) is -1.45. The molecular weight excluding hydrogens is 245 g/mol. The van der Waals surface area contributed by atoms with E-state index in [0.29, 0.717) is 0 Å². The molecule has 1 amide bonds. The van der Waals surface area contributed by atoms with Gasteiger partial charge in [-0.25, -0.2) is 9.18 Å². The van der Waals surface area contributed by atoms with Gasteiger partial charge in [0, 0.05) is 5.92 Å². The summed E-state index contributed by atoms with van der Waals surface area (Å²) in [5.74, 6) is -5.12. The fourth-order valence-electron chi connectivity index (χ4n) is 1.92. The lowest BCUT2D eigenvalue weighted by atomic mass is 9.77. The van der Waals surface area contributed by atoms with Crippen molar-refractivity contribution < 1.29 is 28.7 Å². The second-order valence-corrected chi connectivity index (χ2v) is 4.14. The maximum absolute atomic E-state index is 13.1. The van der Waals surface area contributed by atoms with Crippen molar-refractivity contribution in [2.75, 3.05) is 0 Å². The lowest BCUT2D eigenvalue weighted by Gasteiger charge is -2.40. The molecule has 0 aromatic rings. The van der Waals surface area contributed by atoms with Gasteiger partial charge in [0.2, 0.25) is 5.91 Å². The quantitative estimate of drug-likeness (QED) is 0.225. The zero-order valence-corrected chi connectivity index (χ0v) is 9.75.